The summed E-state index contributed by atoms with van der Waals surface area (Å²) >= 11 is 0. The summed E-state index contributed by atoms with van der Waals surface area (Å²) in [6, 6.07) is 12.7. The molecule has 0 saturated heterocycles. The van der Waals surface area contributed by atoms with Crippen LogP contribution in [0.15, 0.2) is 54.9 Å². The molecule has 3 aromatic rings. The van der Waals surface area contributed by atoms with Crippen molar-refractivity contribution in [1.29, 1.82) is 0 Å². The number of nitrogens with two attached hydrogens (primary N) is 1. The fourth-order valence-electron chi connectivity index (χ4n) is 2.21. The topological polar surface area (TPSA) is 106 Å². The Bertz CT molecular complexity index is 835. The van der Waals surface area contributed by atoms with Gasteiger partial charge in [-0.1, -0.05) is 18.2 Å². The van der Waals surface area contributed by atoms with Crippen LogP contribution in [-0.4, -0.2) is 26.3 Å². The normalized spacial score (nSPS) is 10.4. The van der Waals surface area contributed by atoms with Crippen LogP contribution in [0.25, 0.3) is 5.69 Å². The van der Waals surface area contributed by atoms with Crippen molar-refractivity contribution in [3.05, 3.63) is 72.1 Å². The zero-order chi connectivity index (χ0) is 16.2. The number of aromatic nitrogens is 3. The Morgan fingerprint density at radius 2 is 1.87 bits per heavy atom. The number of nitrogens with zero attached hydrogens (tertiary/aromatic N) is 2. The van der Waals surface area contributed by atoms with Crippen molar-refractivity contribution >= 4 is 11.8 Å². The molecule has 0 saturated carbocycles. The fourth-order valence-corrected chi connectivity index (χ4v) is 2.21. The lowest BCUT2D eigenvalue weighted by Crippen LogP contribution is -2.25. The van der Waals surface area contributed by atoms with E-state index in [4.69, 9.17) is 5.73 Å². The van der Waals surface area contributed by atoms with Gasteiger partial charge in [-0.05, 0) is 24.3 Å². The van der Waals surface area contributed by atoms with Crippen molar-refractivity contribution in [2.24, 2.45) is 5.73 Å². The molecule has 2 amide bonds. The van der Waals surface area contributed by atoms with Crippen molar-refractivity contribution in [3.8, 4) is 5.69 Å². The lowest BCUT2D eigenvalue weighted by molar-refractivity contribution is 0.0945. The summed E-state index contributed by atoms with van der Waals surface area (Å²) in [5, 5.41) is 2.76. The molecule has 4 N–H and O–H groups in total. The number of rotatable bonds is 5. The molecule has 0 unspecified atom stereocenters. The average molecular weight is 309 g/mol. The molecule has 116 valence electrons. The molecule has 0 radical (unpaired) electrons. The first-order valence-corrected chi connectivity index (χ1v) is 7.00. The highest BCUT2D eigenvalue weighted by atomic mass is 16.2. The molecular weight excluding hydrogens is 294 g/mol. The van der Waals surface area contributed by atoms with E-state index < -0.39 is 5.91 Å². The predicted octanol–water partition coefficient (Wildman–Crippen LogP) is 1.23. The molecule has 7 nitrogen and oxygen atoms in total. The highest BCUT2D eigenvalue weighted by molar-refractivity contribution is 5.96. The van der Waals surface area contributed by atoms with Gasteiger partial charge in [-0.25, -0.2) is 4.98 Å². The standard InChI is InChI=1S/C16H15N5O2/c17-15(22)12-6-7-13(20-12)16(23)19-10-14-18-8-9-21(14)11-4-2-1-3-5-11/h1-9,20H,10H2,(H2,17,22)(H,19,23). The maximum Gasteiger partial charge on any atom is 0.268 e. The van der Waals surface area contributed by atoms with Gasteiger partial charge in [0.15, 0.2) is 0 Å². The van der Waals surface area contributed by atoms with Crippen LogP contribution in [-0.2, 0) is 6.54 Å². The zero-order valence-corrected chi connectivity index (χ0v) is 12.2. The lowest BCUT2D eigenvalue weighted by atomic mass is 10.3. The number of H-pyrrole nitrogens is 1. The number of benzene rings is 1. The molecule has 7 heteroatoms. The third-order valence-electron chi connectivity index (χ3n) is 3.35. The molecule has 23 heavy (non-hydrogen) atoms. The molecule has 2 heterocycles. The van der Waals surface area contributed by atoms with E-state index in [1.54, 1.807) is 6.20 Å². The Labute approximate surface area is 132 Å². The first-order chi connectivity index (χ1) is 11.1. The van der Waals surface area contributed by atoms with Crippen LogP contribution >= 0.6 is 0 Å². The SMILES string of the molecule is NC(=O)c1ccc(C(=O)NCc2nccn2-c2ccccc2)[nH]1. The van der Waals surface area contributed by atoms with Crippen molar-refractivity contribution in [1.82, 2.24) is 19.9 Å². The highest BCUT2D eigenvalue weighted by Gasteiger charge is 2.12. The Morgan fingerprint density at radius 3 is 2.57 bits per heavy atom. The van der Waals surface area contributed by atoms with Crippen LogP contribution in [0, 0.1) is 0 Å². The van der Waals surface area contributed by atoms with Gasteiger partial charge in [0.05, 0.1) is 6.54 Å². The minimum absolute atomic E-state index is 0.195. The second-order valence-electron chi connectivity index (χ2n) is 4.88. The van der Waals surface area contributed by atoms with Crippen molar-refractivity contribution in [2.45, 2.75) is 6.54 Å². The minimum atomic E-state index is -0.608. The molecule has 0 spiro atoms. The van der Waals surface area contributed by atoms with E-state index in [2.05, 4.69) is 15.3 Å². The van der Waals surface area contributed by atoms with Crippen molar-refractivity contribution in [3.63, 3.8) is 0 Å². The minimum Gasteiger partial charge on any atom is -0.364 e. The molecular formula is C16H15N5O2. The number of carbonyl (C=O) groups is 2. The first kappa shape index (κ1) is 14.6. The largest absolute Gasteiger partial charge is 0.364 e. The van der Waals surface area contributed by atoms with Gasteiger partial charge in [0, 0.05) is 18.1 Å². The van der Waals surface area contributed by atoms with E-state index in [1.165, 1.54) is 12.1 Å². The second kappa shape index (κ2) is 6.18. The maximum atomic E-state index is 12.1. The number of para-hydroxylation sites is 1. The van der Waals surface area contributed by atoms with E-state index in [0.29, 0.717) is 5.82 Å². The van der Waals surface area contributed by atoms with E-state index in [9.17, 15) is 9.59 Å². The molecule has 0 bridgehead atoms. The van der Waals surface area contributed by atoms with E-state index in [-0.39, 0.29) is 23.8 Å². The summed E-state index contributed by atoms with van der Waals surface area (Å²) in [7, 11) is 0. The van der Waals surface area contributed by atoms with Gasteiger partial charge in [0.1, 0.15) is 17.2 Å². The number of nitrogens with one attached hydrogen (secondary N) is 2. The van der Waals surface area contributed by atoms with Crippen molar-refractivity contribution in [2.75, 3.05) is 0 Å². The summed E-state index contributed by atoms with van der Waals surface area (Å²) in [5.41, 5.74) is 6.58. The van der Waals surface area contributed by atoms with E-state index in [1.807, 2.05) is 41.1 Å². The van der Waals surface area contributed by atoms with Gasteiger partial charge in [0.2, 0.25) is 0 Å². The van der Waals surface area contributed by atoms with Gasteiger partial charge in [-0.3, -0.25) is 9.59 Å². The number of carbonyl (C=O) groups excluding carboxylic acids is 2. The number of primary amides is 1. The summed E-state index contributed by atoms with van der Waals surface area (Å²) in [6.07, 6.45) is 3.50. The fraction of sp³-hybridized carbons (Fsp3) is 0.0625. The number of imidazole rings is 1. The summed E-state index contributed by atoms with van der Waals surface area (Å²) in [5.74, 6) is -0.241. The monoisotopic (exact) mass is 309 g/mol. The van der Waals surface area contributed by atoms with Gasteiger partial charge < -0.3 is 20.6 Å². The van der Waals surface area contributed by atoms with Crippen LogP contribution in [0.5, 0.6) is 0 Å². The Hall–Kier alpha value is -3.35. The van der Waals surface area contributed by atoms with Crippen molar-refractivity contribution < 1.29 is 9.59 Å². The molecule has 0 fully saturated rings. The Morgan fingerprint density at radius 1 is 1.13 bits per heavy atom. The summed E-state index contributed by atoms with van der Waals surface area (Å²) < 4.78 is 1.89. The number of hydrogen-bond acceptors (Lipinski definition) is 3. The third kappa shape index (κ3) is 3.13. The molecule has 1 aromatic carbocycles. The number of aromatic amines is 1. The zero-order valence-electron chi connectivity index (χ0n) is 12.2. The lowest BCUT2D eigenvalue weighted by Gasteiger charge is -2.08. The summed E-state index contributed by atoms with van der Waals surface area (Å²) in [4.78, 5) is 30.1. The molecule has 0 aliphatic carbocycles. The second-order valence-corrected chi connectivity index (χ2v) is 4.88. The average Bonchev–Trinajstić information content (AvgIpc) is 3.22. The third-order valence-corrected chi connectivity index (χ3v) is 3.35. The molecule has 0 aliphatic heterocycles. The highest BCUT2D eigenvalue weighted by Crippen LogP contribution is 2.10. The first-order valence-electron chi connectivity index (χ1n) is 7.00. The predicted molar refractivity (Wildman–Crippen MR) is 84.0 cm³/mol. The van der Waals surface area contributed by atoms with Crippen LogP contribution in [0.4, 0.5) is 0 Å². The van der Waals surface area contributed by atoms with Gasteiger partial charge in [-0.15, -0.1) is 0 Å². The van der Waals surface area contributed by atoms with Gasteiger partial charge >= 0.3 is 0 Å². The van der Waals surface area contributed by atoms with E-state index in [0.717, 1.165) is 5.69 Å². The van der Waals surface area contributed by atoms with E-state index >= 15 is 0 Å². The smallest absolute Gasteiger partial charge is 0.268 e. The number of hydrogen-bond donors (Lipinski definition) is 3. The molecule has 0 atom stereocenters. The van der Waals surface area contributed by atoms with Crippen LogP contribution < -0.4 is 11.1 Å². The van der Waals surface area contributed by atoms with Crippen LogP contribution in [0.2, 0.25) is 0 Å². The summed E-state index contributed by atoms with van der Waals surface area (Å²) in [6.45, 7) is 0.256. The van der Waals surface area contributed by atoms with Crippen LogP contribution in [0.1, 0.15) is 26.8 Å². The quantitative estimate of drug-likeness (QED) is 0.660. The molecule has 0 aliphatic rings. The van der Waals surface area contributed by atoms with Crippen LogP contribution in [0.3, 0.4) is 0 Å². The maximum absolute atomic E-state index is 12.1. The number of amides is 2. The molecule has 3 rings (SSSR count). The Kier molecular flexibility index (Phi) is 3.92. The van der Waals surface area contributed by atoms with Gasteiger partial charge in [-0.2, -0.15) is 0 Å². The van der Waals surface area contributed by atoms with Gasteiger partial charge in [0.25, 0.3) is 11.8 Å². The Balaban J connectivity index is 1.70. The molecule has 2 aromatic heterocycles.